The highest BCUT2D eigenvalue weighted by Crippen LogP contribution is 2.35. The highest BCUT2D eigenvalue weighted by Gasteiger charge is 2.24. The van der Waals surface area contributed by atoms with Crippen molar-refractivity contribution < 1.29 is 9.53 Å². The maximum absolute atomic E-state index is 11.7. The van der Waals surface area contributed by atoms with E-state index in [0.29, 0.717) is 19.0 Å². The molecule has 4 nitrogen and oxygen atoms in total. The molecule has 2 N–H and O–H groups in total. The van der Waals surface area contributed by atoms with Crippen LogP contribution in [0.15, 0.2) is 23.1 Å². The number of carbonyl (C=O) groups excluding carboxylic acids is 1. The van der Waals surface area contributed by atoms with Gasteiger partial charge in [0.2, 0.25) is 5.91 Å². The van der Waals surface area contributed by atoms with Gasteiger partial charge in [-0.25, -0.2) is 0 Å². The topological polar surface area (TPSA) is 55.6 Å². The number of hydrogen-bond donors (Lipinski definition) is 1. The molecule has 0 atom stereocenters. The summed E-state index contributed by atoms with van der Waals surface area (Å²) in [5.41, 5.74) is 7.53. The SMILES string of the molecule is COCN1C(=O)CSc2ccc(CN)cc21. The van der Waals surface area contributed by atoms with Crippen LogP contribution in [0.2, 0.25) is 0 Å². The molecule has 1 aromatic carbocycles. The van der Waals surface area contributed by atoms with Crippen molar-refractivity contribution in [2.24, 2.45) is 5.73 Å². The molecule has 1 aromatic rings. The molecule has 0 unspecified atom stereocenters. The second kappa shape index (κ2) is 4.86. The third-order valence-electron chi connectivity index (χ3n) is 2.46. The van der Waals surface area contributed by atoms with Crippen LogP contribution in [0.1, 0.15) is 5.56 Å². The highest BCUT2D eigenvalue weighted by atomic mass is 32.2. The molecule has 16 heavy (non-hydrogen) atoms. The molecule has 2 rings (SSSR count). The molecule has 0 radical (unpaired) electrons. The van der Waals surface area contributed by atoms with Gasteiger partial charge in [0.25, 0.3) is 0 Å². The molecule has 0 bridgehead atoms. The molecule has 0 saturated heterocycles. The van der Waals surface area contributed by atoms with Crippen molar-refractivity contribution in [2.45, 2.75) is 11.4 Å². The normalized spacial score (nSPS) is 15.1. The van der Waals surface area contributed by atoms with E-state index in [4.69, 9.17) is 10.5 Å². The van der Waals surface area contributed by atoms with Gasteiger partial charge in [0.15, 0.2) is 0 Å². The number of benzene rings is 1. The minimum absolute atomic E-state index is 0.0773. The molecule has 5 heteroatoms. The minimum atomic E-state index is 0.0773. The molecule has 0 aromatic heterocycles. The number of nitrogens with zero attached hydrogens (tertiary/aromatic N) is 1. The lowest BCUT2D eigenvalue weighted by Gasteiger charge is -2.28. The number of rotatable bonds is 3. The van der Waals surface area contributed by atoms with Gasteiger partial charge < -0.3 is 10.5 Å². The van der Waals surface area contributed by atoms with Gasteiger partial charge >= 0.3 is 0 Å². The molecular formula is C11H14N2O2S. The zero-order chi connectivity index (χ0) is 11.5. The molecule has 1 heterocycles. The maximum Gasteiger partial charge on any atom is 0.239 e. The molecular weight excluding hydrogens is 224 g/mol. The predicted octanol–water partition coefficient (Wildman–Crippen LogP) is 1.19. The number of anilines is 1. The first-order valence-corrected chi connectivity index (χ1v) is 6.00. The molecule has 86 valence electrons. The van der Waals surface area contributed by atoms with Crippen LogP contribution in [0.25, 0.3) is 0 Å². The smallest absolute Gasteiger partial charge is 0.239 e. The van der Waals surface area contributed by atoms with Gasteiger partial charge in [-0.1, -0.05) is 6.07 Å². The molecule has 0 aliphatic carbocycles. The standard InChI is InChI=1S/C11H14N2O2S/c1-15-7-13-9-4-8(5-12)2-3-10(9)16-6-11(13)14/h2-4H,5-7,12H2,1H3. The van der Waals surface area contributed by atoms with E-state index in [-0.39, 0.29) is 5.91 Å². The lowest BCUT2D eigenvalue weighted by atomic mass is 10.2. The Labute approximate surface area is 98.7 Å². The Kier molecular flexibility index (Phi) is 3.48. The molecule has 0 saturated carbocycles. The first-order valence-electron chi connectivity index (χ1n) is 5.01. The van der Waals surface area contributed by atoms with Crippen molar-refractivity contribution in [3.8, 4) is 0 Å². The largest absolute Gasteiger partial charge is 0.364 e. The van der Waals surface area contributed by atoms with Crippen molar-refractivity contribution in [1.29, 1.82) is 0 Å². The van der Waals surface area contributed by atoms with Crippen LogP contribution >= 0.6 is 11.8 Å². The van der Waals surface area contributed by atoms with Crippen molar-refractivity contribution in [2.75, 3.05) is 24.5 Å². The average Bonchev–Trinajstić information content (AvgIpc) is 2.32. The van der Waals surface area contributed by atoms with Crippen molar-refractivity contribution in [3.05, 3.63) is 23.8 Å². The van der Waals surface area contributed by atoms with E-state index in [9.17, 15) is 4.79 Å². The number of carbonyl (C=O) groups is 1. The van der Waals surface area contributed by atoms with Crippen LogP contribution in [-0.2, 0) is 16.1 Å². The highest BCUT2D eigenvalue weighted by molar-refractivity contribution is 8.00. The summed E-state index contributed by atoms with van der Waals surface area (Å²) in [6.45, 7) is 0.771. The molecule has 0 spiro atoms. The fraction of sp³-hybridized carbons (Fsp3) is 0.364. The van der Waals surface area contributed by atoms with Gasteiger partial charge in [-0.05, 0) is 17.7 Å². The summed E-state index contributed by atoms with van der Waals surface area (Å²) in [5.74, 6) is 0.548. The van der Waals surface area contributed by atoms with Crippen LogP contribution in [0.4, 0.5) is 5.69 Å². The van der Waals surface area contributed by atoms with Crippen LogP contribution in [0, 0.1) is 0 Å². The lowest BCUT2D eigenvalue weighted by molar-refractivity contribution is -0.117. The number of amides is 1. The Morgan fingerprint density at radius 3 is 3.06 bits per heavy atom. The minimum Gasteiger partial charge on any atom is -0.364 e. The van der Waals surface area contributed by atoms with Gasteiger partial charge in [-0.2, -0.15) is 0 Å². The first kappa shape index (κ1) is 11.4. The Morgan fingerprint density at radius 1 is 1.56 bits per heavy atom. The number of fused-ring (bicyclic) bond motifs is 1. The van der Waals surface area contributed by atoms with E-state index in [1.54, 1.807) is 23.8 Å². The number of methoxy groups -OCH3 is 1. The summed E-state index contributed by atoms with van der Waals surface area (Å²) in [4.78, 5) is 14.5. The number of thioether (sulfide) groups is 1. The fourth-order valence-electron chi connectivity index (χ4n) is 1.65. The second-order valence-corrected chi connectivity index (χ2v) is 4.55. The number of hydrogen-bond acceptors (Lipinski definition) is 4. The summed E-state index contributed by atoms with van der Waals surface area (Å²) >= 11 is 1.56. The Morgan fingerprint density at radius 2 is 2.38 bits per heavy atom. The van der Waals surface area contributed by atoms with E-state index < -0.39 is 0 Å². The van der Waals surface area contributed by atoms with Crippen molar-refractivity contribution >= 4 is 23.4 Å². The van der Waals surface area contributed by atoms with E-state index in [2.05, 4.69) is 0 Å². The van der Waals surface area contributed by atoms with Crippen LogP contribution in [0.5, 0.6) is 0 Å². The third kappa shape index (κ3) is 2.07. The van der Waals surface area contributed by atoms with E-state index >= 15 is 0 Å². The lowest BCUT2D eigenvalue weighted by Crippen LogP contribution is -2.36. The monoisotopic (exact) mass is 238 g/mol. The Balaban J connectivity index is 2.39. The molecule has 1 amide bonds. The van der Waals surface area contributed by atoms with Crippen molar-refractivity contribution in [3.63, 3.8) is 0 Å². The van der Waals surface area contributed by atoms with Crippen LogP contribution in [0.3, 0.4) is 0 Å². The summed E-state index contributed by atoms with van der Waals surface area (Å²) < 4.78 is 5.05. The molecule has 0 fully saturated rings. The van der Waals surface area contributed by atoms with Gasteiger partial charge in [0.1, 0.15) is 6.73 Å². The number of nitrogens with two attached hydrogens (primary N) is 1. The third-order valence-corrected chi connectivity index (χ3v) is 3.51. The van der Waals surface area contributed by atoms with E-state index in [1.807, 2.05) is 18.2 Å². The summed E-state index contributed by atoms with van der Waals surface area (Å²) in [5, 5.41) is 0. The van der Waals surface area contributed by atoms with Gasteiger partial charge in [-0.15, -0.1) is 11.8 Å². The quantitative estimate of drug-likeness (QED) is 0.859. The van der Waals surface area contributed by atoms with Gasteiger partial charge in [-0.3, -0.25) is 9.69 Å². The first-order chi connectivity index (χ1) is 7.76. The summed E-state index contributed by atoms with van der Waals surface area (Å²) in [7, 11) is 1.58. The average molecular weight is 238 g/mol. The summed E-state index contributed by atoms with van der Waals surface area (Å²) in [6.07, 6.45) is 0. The molecule has 1 aliphatic heterocycles. The maximum atomic E-state index is 11.7. The Bertz CT molecular complexity index is 409. The zero-order valence-electron chi connectivity index (χ0n) is 9.10. The zero-order valence-corrected chi connectivity index (χ0v) is 9.92. The molecule has 1 aliphatic rings. The van der Waals surface area contributed by atoms with Gasteiger partial charge in [0, 0.05) is 18.6 Å². The number of ether oxygens (including phenoxy) is 1. The second-order valence-electron chi connectivity index (χ2n) is 3.53. The predicted molar refractivity (Wildman–Crippen MR) is 64.4 cm³/mol. The van der Waals surface area contributed by atoms with Crippen LogP contribution in [-0.4, -0.2) is 25.5 Å². The summed E-state index contributed by atoms with van der Waals surface area (Å²) in [6, 6.07) is 5.96. The van der Waals surface area contributed by atoms with Gasteiger partial charge in [0.05, 0.1) is 11.4 Å². The fourth-order valence-corrected chi connectivity index (χ4v) is 2.56. The Hall–Kier alpha value is -1.04. The van der Waals surface area contributed by atoms with E-state index in [1.165, 1.54) is 0 Å². The van der Waals surface area contributed by atoms with E-state index in [0.717, 1.165) is 16.1 Å². The van der Waals surface area contributed by atoms with Crippen LogP contribution < -0.4 is 10.6 Å². The van der Waals surface area contributed by atoms with Crippen molar-refractivity contribution in [1.82, 2.24) is 0 Å².